The van der Waals surface area contributed by atoms with Gasteiger partial charge in [-0.05, 0) is 43.9 Å². The summed E-state index contributed by atoms with van der Waals surface area (Å²) in [5.74, 6) is -0.326. The molecule has 0 heterocycles. The zero-order chi connectivity index (χ0) is 14.6. The molecule has 0 saturated heterocycles. The minimum Gasteiger partial charge on any atom is -0.496 e. The molecule has 0 bridgehead atoms. The van der Waals surface area contributed by atoms with E-state index in [2.05, 4.69) is 0 Å². The van der Waals surface area contributed by atoms with Gasteiger partial charge in [0.15, 0.2) is 5.78 Å². The maximum atomic E-state index is 12.2. The van der Waals surface area contributed by atoms with Gasteiger partial charge in [0.1, 0.15) is 5.75 Å². The first-order valence-corrected chi connectivity index (χ1v) is 6.28. The van der Waals surface area contributed by atoms with E-state index in [1.165, 1.54) is 0 Å². The average molecular weight is 264 g/mol. The third-order valence-electron chi connectivity index (χ3n) is 3.26. The minimum absolute atomic E-state index is 0.0119. The van der Waals surface area contributed by atoms with Gasteiger partial charge in [-0.2, -0.15) is 0 Å². The first kappa shape index (κ1) is 15.2. The second kappa shape index (κ2) is 6.36. The molecule has 4 heteroatoms. The largest absolute Gasteiger partial charge is 0.496 e. The Labute approximate surface area is 113 Å². The summed E-state index contributed by atoms with van der Waals surface area (Å²) < 4.78 is 5.35. The lowest BCUT2D eigenvalue weighted by Gasteiger charge is -2.15. The lowest BCUT2D eigenvalue weighted by atomic mass is 9.94. The number of methoxy groups -OCH3 is 1. The molecule has 1 aromatic carbocycles. The normalized spacial score (nSPS) is 10.3. The van der Waals surface area contributed by atoms with Crippen molar-refractivity contribution in [3.05, 3.63) is 28.3 Å². The van der Waals surface area contributed by atoms with Crippen LogP contribution in [0.5, 0.6) is 5.75 Å². The monoisotopic (exact) mass is 264 g/mol. The number of aliphatic carboxylic acids is 1. The van der Waals surface area contributed by atoms with E-state index >= 15 is 0 Å². The van der Waals surface area contributed by atoms with Crippen LogP contribution in [0.25, 0.3) is 0 Å². The Morgan fingerprint density at radius 3 is 2.32 bits per heavy atom. The Balaban J connectivity index is 3.02. The molecule has 104 valence electrons. The number of Topliss-reactive ketones (excluding diaryl/α,β-unsaturated/α-hetero) is 1. The van der Waals surface area contributed by atoms with Crippen LogP contribution >= 0.6 is 0 Å². The van der Waals surface area contributed by atoms with Crippen LogP contribution < -0.4 is 4.74 Å². The molecule has 0 amide bonds. The highest BCUT2D eigenvalue weighted by molar-refractivity contribution is 6.00. The predicted molar refractivity (Wildman–Crippen MR) is 73.0 cm³/mol. The molecule has 0 spiro atoms. The van der Waals surface area contributed by atoms with Gasteiger partial charge < -0.3 is 9.84 Å². The second-order valence-corrected chi connectivity index (χ2v) is 4.71. The molecule has 0 fully saturated rings. The van der Waals surface area contributed by atoms with E-state index in [0.717, 1.165) is 16.7 Å². The number of ketones is 1. The lowest BCUT2D eigenvalue weighted by molar-refractivity contribution is -0.137. The molecule has 0 radical (unpaired) electrons. The zero-order valence-corrected chi connectivity index (χ0v) is 11.9. The number of carboxylic acids is 1. The average Bonchev–Trinajstić information content (AvgIpc) is 2.32. The summed E-state index contributed by atoms with van der Waals surface area (Å²) in [7, 11) is 1.55. The summed E-state index contributed by atoms with van der Waals surface area (Å²) in [6.45, 7) is 5.77. The number of carbonyl (C=O) groups excluding carboxylic acids is 1. The van der Waals surface area contributed by atoms with Crippen molar-refractivity contribution in [1.29, 1.82) is 0 Å². The Kier molecular flexibility index (Phi) is 5.10. The molecule has 0 atom stereocenters. The molecule has 4 nitrogen and oxygen atoms in total. The van der Waals surface area contributed by atoms with E-state index in [-0.39, 0.29) is 18.6 Å². The van der Waals surface area contributed by atoms with Crippen LogP contribution in [0.3, 0.4) is 0 Å². The third-order valence-corrected chi connectivity index (χ3v) is 3.26. The molecule has 0 aliphatic rings. The van der Waals surface area contributed by atoms with E-state index in [4.69, 9.17) is 9.84 Å². The topological polar surface area (TPSA) is 63.6 Å². The molecule has 1 aromatic rings. The van der Waals surface area contributed by atoms with Crippen molar-refractivity contribution in [3.8, 4) is 5.75 Å². The number of benzene rings is 1. The molecule has 1 N–H and O–H groups in total. The molecule has 0 aromatic heterocycles. The van der Waals surface area contributed by atoms with Crippen LogP contribution in [0.15, 0.2) is 6.07 Å². The molecule has 0 aliphatic carbocycles. The van der Waals surface area contributed by atoms with Crippen LogP contribution in [0.4, 0.5) is 0 Å². The standard InChI is InChI=1S/C15H20O4/c1-9-8-10(2)14(15(19-4)11(9)3)12(16)6-5-7-13(17)18/h8H,5-7H2,1-4H3,(H,17,18). The minimum atomic E-state index is -0.878. The fourth-order valence-electron chi connectivity index (χ4n) is 2.18. The fraction of sp³-hybridized carbons (Fsp3) is 0.467. The second-order valence-electron chi connectivity index (χ2n) is 4.71. The number of hydrogen-bond acceptors (Lipinski definition) is 3. The number of carboxylic acid groups (broad SMARTS) is 1. The van der Waals surface area contributed by atoms with Gasteiger partial charge in [0.05, 0.1) is 12.7 Å². The van der Waals surface area contributed by atoms with E-state index < -0.39 is 5.97 Å². The molecular weight excluding hydrogens is 244 g/mol. The number of aryl methyl sites for hydroxylation is 2. The van der Waals surface area contributed by atoms with Crippen LogP contribution in [0, 0.1) is 20.8 Å². The van der Waals surface area contributed by atoms with E-state index in [1.807, 2.05) is 26.8 Å². The van der Waals surface area contributed by atoms with Crippen LogP contribution in [0.1, 0.15) is 46.3 Å². The van der Waals surface area contributed by atoms with Crippen LogP contribution in [0.2, 0.25) is 0 Å². The SMILES string of the molecule is COc1c(C)c(C)cc(C)c1C(=O)CCCC(=O)O. The van der Waals surface area contributed by atoms with Crippen LogP contribution in [-0.2, 0) is 4.79 Å². The number of carbonyl (C=O) groups is 2. The predicted octanol–water partition coefficient (Wildman–Crippen LogP) is 3.06. The number of ether oxygens (including phenoxy) is 1. The van der Waals surface area contributed by atoms with Crippen molar-refractivity contribution in [2.75, 3.05) is 7.11 Å². The Hall–Kier alpha value is -1.84. The Bertz CT molecular complexity index is 503. The number of rotatable bonds is 6. The van der Waals surface area contributed by atoms with Gasteiger partial charge in [-0.25, -0.2) is 0 Å². The molecule has 19 heavy (non-hydrogen) atoms. The van der Waals surface area contributed by atoms with Crippen LogP contribution in [-0.4, -0.2) is 24.0 Å². The maximum absolute atomic E-state index is 12.2. The quantitative estimate of drug-likeness (QED) is 0.802. The van der Waals surface area contributed by atoms with Gasteiger partial charge in [-0.3, -0.25) is 9.59 Å². The van der Waals surface area contributed by atoms with Crippen molar-refractivity contribution in [2.45, 2.75) is 40.0 Å². The van der Waals surface area contributed by atoms with Crippen molar-refractivity contribution in [1.82, 2.24) is 0 Å². The van der Waals surface area contributed by atoms with E-state index in [0.29, 0.717) is 17.7 Å². The molecule has 0 saturated carbocycles. The van der Waals surface area contributed by atoms with Gasteiger partial charge in [-0.15, -0.1) is 0 Å². The maximum Gasteiger partial charge on any atom is 0.303 e. The van der Waals surface area contributed by atoms with Gasteiger partial charge >= 0.3 is 5.97 Å². The smallest absolute Gasteiger partial charge is 0.303 e. The van der Waals surface area contributed by atoms with E-state index in [1.54, 1.807) is 7.11 Å². The van der Waals surface area contributed by atoms with Gasteiger partial charge in [-0.1, -0.05) is 6.07 Å². The van der Waals surface area contributed by atoms with Crippen molar-refractivity contribution in [3.63, 3.8) is 0 Å². The summed E-state index contributed by atoms with van der Waals surface area (Å²) >= 11 is 0. The molecule has 0 unspecified atom stereocenters. The molecule has 0 aliphatic heterocycles. The van der Waals surface area contributed by atoms with E-state index in [9.17, 15) is 9.59 Å². The van der Waals surface area contributed by atoms with Gasteiger partial charge in [0, 0.05) is 12.8 Å². The summed E-state index contributed by atoms with van der Waals surface area (Å²) in [5, 5.41) is 8.60. The highest BCUT2D eigenvalue weighted by atomic mass is 16.5. The molecule has 1 rings (SSSR count). The first-order valence-electron chi connectivity index (χ1n) is 6.28. The summed E-state index contributed by atoms with van der Waals surface area (Å²) in [6.07, 6.45) is 0.591. The summed E-state index contributed by atoms with van der Waals surface area (Å²) in [5.41, 5.74) is 3.49. The van der Waals surface area contributed by atoms with Crippen molar-refractivity contribution >= 4 is 11.8 Å². The van der Waals surface area contributed by atoms with Crippen molar-refractivity contribution < 1.29 is 19.4 Å². The van der Waals surface area contributed by atoms with Crippen molar-refractivity contribution in [2.24, 2.45) is 0 Å². The Morgan fingerprint density at radius 2 is 1.79 bits per heavy atom. The van der Waals surface area contributed by atoms with Gasteiger partial charge in [0.25, 0.3) is 0 Å². The first-order chi connectivity index (χ1) is 8.88. The highest BCUT2D eigenvalue weighted by Crippen LogP contribution is 2.30. The highest BCUT2D eigenvalue weighted by Gasteiger charge is 2.18. The summed E-state index contributed by atoms with van der Waals surface area (Å²) in [4.78, 5) is 22.7. The Morgan fingerprint density at radius 1 is 1.16 bits per heavy atom. The zero-order valence-electron chi connectivity index (χ0n) is 11.9. The third kappa shape index (κ3) is 3.56. The lowest BCUT2D eigenvalue weighted by Crippen LogP contribution is -2.08. The van der Waals surface area contributed by atoms with Gasteiger partial charge in [0.2, 0.25) is 0 Å². The molecular formula is C15H20O4. The summed E-state index contributed by atoms with van der Waals surface area (Å²) in [6, 6.07) is 1.96. The fourth-order valence-corrected chi connectivity index (χ4v) is 2.18. The number of hydrogen-bond donors (Lipinski definition) is 1.